The van der Waals surface area contributed by atoms with E-state index < -0.39 is 0 Å². The van der Waals surface area contributed by atoms with E-state index in [0.29, 0.717) is 24.3 Å². The Morgan fingerprint density at radius 3 is 2.62 bits per heavy atom. The SMILES string of the molecule is CC[C@@H](c1cc2nccc(-c3cc(Cl)cc(C)c3OC3CCNCC3)c2s1)N1C(=O)CCC1=O. The highest BCUT2D eigenvalue weighted by Crippen LogP contribution is 2.44. The van der Waals surface area contributed by atoms with Crippen molar-refractivity contribution >= 4 is 45.0 Å². The van der Waals surface area contributed by atoms with E-state index in [-0.39, 0.29) is 24.0 Å². The van der Waals surface area contributed by atoms with E-state index in [0.717, 1.165) is 63.5 Å². The summed E-state index contributed by atoms with van der Waals surface area (Å²) in [6, 6.07) is 7.65. The minimum atomic E-state index is -0.263. The summed E-state index contributed by atoms with van der Waals surface area (Å²) in [5.41, 5.74) is 3.80. The molecule has 0 aliphatic carbocycles. The van der Waals surface area contributed by atoms with Gasteiger partial charge in [-0.2, -0.15) is 0 Å². The molecular formula is C26H28ClN3O3S. The molecule has 0 radical (unpaired) electrons. The van der Waals surface area contributed by atoms with Gasteiger partial charge in [-0.1, -0.05) is 18.5 Å². The zero-order chi connectivity index (χ0) is 23.8. The maximum Gasteiger partial charge on any atom is 0.230 e. The van der Waals surface area contributed by atoms with E-state index in [1.807, 2.05) is 38.1 Å². The Bertz CT molecular complexity index is 1240. The van der Waals surface area contributed by atoms with Crippen LogP contribution in [0.15, 0.2) is 30.5 Å². The fourth-order valence-corrected chi connectivity index (χ4v) is 6.54. The van der Waals surface area contributed by atoms with Crippen molar-refractivity contribution in [1.29, 1.82) is 0 Å². The van der Waals surface area contributed by atoms with Gasteiger partial charge in [0.1, 0.15) is 11.9 Å². The smallest absolute Gasteiger partial charge is 0.230 e. The van der Waals surface area contributed by atoms with Crippen LogP contribution < -0.4 is 10.1 Å². The van der Waals surface area contributed by atoms with Gasteiger partial charge in [0.2, 0.25) is 11.8 Å². The van der Waals surface area contributed by atoms with Crippen molar-refractivity contribution in [3.8, 4) is 16.9 Å². The van der Waals surface area contributed by atoms with Crippen LogP contribution in [0.5, 0.6) is 5.75 Å². The van der Waals surface area contributed by atoms with Crippen LogP contribution in [-0.2, 0) is 9.59 Å². The third kappa shape index (κ3) is 4.32. The molecule has 1 aromatic carbocycles. The molecule has 2 aliphatic rings. The number of thiophene rings is 1. The summed E-state index contributed by atoms with van der Waals surface area (Å²) >= 11 is 8.09. The third-order valence-corrected chi connectivity index (χ3v) is 8.13. The lowest BCUT2D eigenvalue weighted by molar-refractivity contribution is -0.141. The summed E-state index contributed by atoms with van der Waals surface area (Å²) in [6.07, 6.45) is 5.14. The van der Waals surface area contributed by atoms with Gasteiger partial charge in [-0.25, -0.2) is 0 Å². The molecule has 6 nitrogen and oxygen atoms in total. The number of aryl methyl sites for hydroxylation is 1. The van der Waals surface area contributed by atoms with Crippen molar-refractivity contribution in [1.82, 2.24) is 15.2 Å². The fraction of sp³-hybridized carbons (Fsp3) is 0.423. The molecule has 0 spiro atoms. The molecule has 3 aromatic rings. The van der Waals surface area contributed by atoms with Crippen molar-refractivity contribution in [3.63, 3.8) is 0 Å². The number of piperidine rings is 1. The Morgan fingerprint density at radius 1 is 1.18 bits per heavy atom. The second kappa shape index (κ2) is 9.64. The first-order valence-electron chi connectivity index (χ1n) is 11.9. The highest BCUT2D eigenvalue weighted by Gasteiger charge is 2.36. The largest absolute Gasteiger partial charge is 0.489 e. The number of nitrogens with zero attached hydrogens (tertiary/aromatic N) is 2. The van der Waals surface area contributed by atoms with Gasteiger partial charge in [0.05, 0.1) is 16.3 Å². The summed E-state index contributed by atoms with van der Waals surface area (Å²) in [5.74, 6) is 0.673. The van der Waals surface area contributed by atoms with Crippen LogP contribution in [0.4, 0.5) is 0 Å². The molecule has 1 atom stereocenters. The Kier molecular flexibility index (Phi) is 6.60. The van der Waals surface area contributed by atoms with E-state index in [2.05, 4.69) is 10.3 Å². The average Bonchev–Trinajstić information content (AvgIpc) is 3.40. The van der Waals surface area contributed by atoms with Gasteiger partial charge in [0.25, 0.3) is 0 Å². The highest BCUT2D eigenvalue weighted by atomic mass is 35.5. The topological polar surface area (TPSA) is 71.5 Å². The Labute approximate surface area is 208 Å². The van der Waals surface area contributed by atoms with Crippen LogP contribution in [-0.4, -0.2) is 40.9 Å². The quantitative estimate of drug-likeness (QED) is 0.445. The fourth-order valence-electron chi connectivity index (χ4n) is 4.95. The van der Waals surface area contributed by atoms with Gasteiger partial charge in [-0.3, -0.25) is 19.5 Å². The minimum absolute atomic E-state index is 0.0920. The Morgan fingerprint density at radius 2 is 1.91 bits per heavy atom. The van der Waals surface area contributed by atoms with Gasteiger partial charge in [-0.15, -0.1) is 11.3 Å². The lowest BCUT2D eigenvalue weighted by Gasteiger charge is -2.26. The van der Waals surface area contributed by atoms with Crippen LogP contribution in [0, 0.1) is 6.92 Å². The number of amides is 2. The van der Waals surface area contributed by atoms with Gasteiger partial charge in [0, 0.05) is 40.1 Å². The molecule has 1 N–H and O–H groups in total. The molecule has 0 saturated carbocycles. The van der Waals surface area contributed by atoms with Crippen molar-refractivity contribution in [2.45, 2.75) is 58.1 Å². The highest BCUT2D eigenvalue weighted by molar-refractivity contribution is 7.19. The first-order chi connectivity index (χ1) is 16.5. The molecule has 178 valence electrons. The lowest BCUT2D eigenvalue weighted by Crippen LogP contribution is -2.34. The number of hydrogen-bond donors (Lipinski definition) is 1. The number of carbonyl (C=O) groups excluding carboxylic acids is 2. The summed E-state index contributed by atoms with van der Waals surface area (Å²) < 4.78 is 7.55. The molecule has 2 aliphatic heterocycles. The van der Waals surface area contributed by atoms with E-state index in [1.54, 1.807) is 17.5 Å². The predicted octanol–water partition coefficient (Wildman–Crippen LogP) is 5.66. The molecule has 2 saturated heterocycles. The third-order valence-electron chi connectivity index (χ3n) is 6.65. The Hall–Kier alpha value is -2.48. The van der Waals surface area contributed by atoms with Crippen LogP contribution in [0.25, 0.3) is 21.3 Å². The maximum atomic E-state index is 12.4. The standard InChI is InChI=1S/C26H28ClN3O3S/c1-3-21(30-23(31)4-5-24(30)32)22-14-20-26(34-22)18(8-11-29-20)19-13-16(27)12-15(2)25(19)33-17-6-9-28-10-7-17/h8,11-14,17,21,28H,3-7,9-10H2,1-2H3/t21-/m0/s1. The number of pyridine rings is 1. The van der Waals surface area contributed by atoms with Gasteiger partial charge >= 0.3 is 0 Å². The van der Waals surface area contributed by atoms with Crippen molar-refractivity contribution < 1.29 is 14.3 Å². The van der Waals surface area contributed by atoms with E-state index in [1.165, 1.54) is 4.90 Å². The van der Waals surface area contributed by atoms with Gasteiger partial charge < -0.3 is 10.1 Å². The molecule has 2 fully saturated rings. The lowest BCUT2D eigenvalue weighted by atomic mass is 10.0. The number of likely N-dealkylation sites (tertiary alicyclic amines) is 1. The van der Waals surface area contributed by atoms with E-state index in [9.17, 15) is 9.59 Å². The normalized spacial score (nSPS) is 18.1. The van der Waals surface area contributed by atoms with Gasteiger partial charge in [0.15, 0.2) is 0 Å². The Balaban J connectivity index is 1.59. The summed E-state index contributed by atoms with van der Waals surface area (Å²) in [5, 5.41) is 4.04. The zero-order valence-corrected chi connectivity index (χ0v) is 21.0. The molecule has 5 rings (SSSR count). The molecule has 0 bridgehead atoms. The molecule has 34 heavy (non-hydrogen) atoms. The van der Waals surface area contributed by atoms with E-state index in [4.69, 9.17) is 16.3 Å². The summed E-state index contributed by atoms with van der Waals surface area (Å²) in [7, 11) is 0. The number of hydrogen-bond acceptors (Lipinski definition) is 6. The predicted molar refractivity (Wildman–Crippen MR) is 135 cm³/mol. The van der Waals surface area contributed by atoms with Crippen LogP contribution in [0.2, 0.25) is 5.02 Å². The average molecular weight is 498 g/mol. The number of ether oxygens (including phenoxy) is 1. The molecule has 4 heterocycles. The number of rotatable bonds is 6. The number of nitrogens with one attached hydrogen (secondary N) is 1. The molecular weight excluding hydrogens is 470 g/mol. The molecule has 2 aromatic heterocycles. The number of carbonyl (C=O) groups is 2. The molecule has 8 heteroatoms. The zero-order valence-electron chi connectivity index (χ0n) is 19.4. The van der Waals surface area contributed by atoms with Crippen molar-refractivity contribution in [2.24, 2.45) is 0 Å². The monoisotopic (exact) mass is 497 g/mol. The maximum absolute atomic E-state index is 12.4. The van der Waals surface area contributed by atoms with Crippen molar-refractivity contribution in [2.75, 3.05) is 13.1 Å². The van der Waals surface area contributed by atoms with Crippen LogP contribution >= 0.6 is 22.9 Å². The summed E-state index contributed by atoms with van der Waals surface area (Å²) in [6.45, 7) is 5.94. The number of halogens is 1. The van der Waals surface area contributed by atoms with Crippen LogP contribution in [0.3, 0.4) is 0 Å². The second-order valence-electron chi connectivity index (χ2n) is 8.97. The first-order valence-corrected chi connectivity index (χ1v) is 13.1. The number of benzene rings is 1. The van der Waals surface area contributed by atoms with E-state index >= 15 is 0 Å². The number of imide groups is 1. The summed E-state index contributed by atoms with van der Waals surface area (Å²) in [4.78, 5) is 31.9. The van der Waals surface area contributed by atoms with Crippen molar-refractivity contribution in [3.05, 3.63) is 45.9 Å². The second-order valence-corrected chi connectivity index (χ2v) is 10.5. The molecule has 0 unspecified atom stereocenters. The van der Waals surface area contributed by atoms with Gasteiger partial charge in [-0.05, 0) is 69.1 Å². The number of aromatic nitrogens is 1. The first kappa shape index (κ1) is 23.3. The molecule has 2 amide bonds. The number of fused-ring (bicyclic) bond motifs is 1. The van der Waals surface area contributed by atoms with Crippen LogP contribution in [0.1, 0.15) is 55.5 Å². The minimum Gasteiger partial charge on any atom is -0.489 e.